The van der Waals surface area contributed by atoms with E-state index in [0.29, 0.717) is 56.0 Å². The fraction of sp³-hybridized carbons (Fsp3) is 0.333. The minimum Gasteiger partial charge on any atom is -0.496 e. The molecule has 1 unspecified atom stereocenters. The van der Waals surface area contributed by atoms with Crippen LogP contribution in [-0.2, 0) is 45.2 Å². The highest BCUT2D eigenvalue weighted by molar-refractivity contribution is 6.37. The normalized spacial score (nSPS) is 12.8. The number of Topliss-reactive ketones (excluding diaryl/α,β-unsaturated/α-hetero) is 6. The number of halogens is 8. The number of nitrogens with two attached hydrogens (primary N) is 2. The number of aromatic amines is 1. The van der Waals surface area contributed by atoms with Crippen molar-refractivity contribution in [2.75, 3.05) is 60.8 Å². The van der Waals surface area contributed by atoms with Gasteiger partial charge in [0.25, 0.3) is 0 Å². The highest BCUT2D eigenvalue weighted by Gasteiger charge is 2.31. The van der Waals surface area contributed by atoms with Crippen LogP contribution in [0.5, 0.6) is 17.2 Å². The predicted molar refractivity (Wildman–Crippen MR) is 420 cm³/mol. The molecule has 2 aliphatic carbocycles. The van der Waals surface area contributed by atoms with Crippen LogP contribution in [0, 0.1) is 17.8 Å². The number of nitrogens with one attached hydrogen (secondary N) is 2. The number of esters is 2. The third kappa shape index (κ3) is 34.1. The summed E-state index contributed by atoms with van der Waals surface area (Å²) in [5.74, 6) is -4.19. The zero-order valence-corrected chi connectivity index (χ0v) is 67.1. The van der Waals surface area contributed by atoms with Crippen LogP contribution in [0.25, 0.3) is 11.4 Å². The van der Waals surface area contributed by atoms with Crippen LogP contribution in [0.1, 0.15) is 160 Å². The van der Waals surface area contributed by atoms with Crippen molar-refractivity contribution in [3.05, 3.63) is 177 Å². The maximum Gasteiger partial charge on any atom is 0.507 e. The Hall–Kier alpha value is -10.3. The van der Waals surface area contributed by atoms with Crippen LogP contribution in [0.2, 0.25) is 40.8 Å². The fourth-order valence-corrected chi connectivity index (χ4v) is 9.29. The third-order valence-electron chi connectivity index (χ3n) is 13.7. The number of nitrogens with zero attached hydrogens (tertiary/aromatic N) is 9. The van der Waals surface area contributed by atoms with Gasteiger partial charge in [0.2, 0.25) is 11.8 Å². The number of ketones is 6. The van der Waals surface area contributed by atoms with E-state index < -0.39 is 86.0 Å². The van der Waals surface area contributed by atoms with E-state index >= 15 is 0 Å². The summed E-state index contributed by atoms with van der Waals surface area (Å²) in [6, 6.07) is 9.73. The number of H-pyrrole nitrogens is 1. The molecule has 0 spiro atoms. The van der Waals surface area contributed by atoms with Gasteiger partial charge in [0.1, 0.15) is 61.7 Å². The number of pyridine rings is 7. The van der Waals surface area contributed by atoms with Crippen LogP contribution in [0.3, 0.4) is 0 Å². The van der Waals surface area contributed by atoms with Crippen LogP contribution >= 0.6 is 92.8 Å². The summed E-state index contributed by atoms with van der Waals surface area (Å²) in [4.78, 5) is 163. The van der Waals surface area contributed by atoms with Crippen molar-refractivity contribution in [2.45, 2.75) is 85.8 Å². The largest absolute Gasteiger partial charge is 0.507 e. The average molecular weight is 1720 g/mol. The molecule has 0 bridgehead atoms. The Balaban J connectivity index is 0.000000469. The van der Waals surface area contributed by atoms with Crippen LogP contribution < -0.4 is 36.4 Å². The Bertz CT molecular complexity index is 5020. The molecule has 0 aromatic carbocycles. The highest BCUT2D eigenvalue weighted by Crippen LogP contribution is 2.33. The number of aryl methyl sites for hydroxylation is 1. The highest BCUT2D eigenvalue weighted by atomic mass is 35.5. The van der Waals surface area contributed by atoms with Gasteiger partial charge in [0.05, 0.1) is 104 Å². The van der Waals surface area contributed by atoms with Crippen molar-refractivity contribution in [3.63, 3.8) is 0 Å². The smallest absolute Gasteiger partial charge is 0.496 e. The van der Waals surface area contributed by atoms with Gasteiger partial charge in [-0.3, -0.25) is 57.4 Å². The zero-order chi connectivity index (χ0) is 92.1. The lowest BCUT2D eigenvalue weighted by atomic mass is 10.0. The number of hydrogen-bond donors (Lipinski definition) is 4. The molecule has 2 aliphatic rings. The number of ether oxygens (including phenoxy) is 7. The monoisotopic (exact) mass is 1720 g/mol. The maximum absolute atomic E-state index is 12.3. The first kappa shape index (κ1) is 82.6. The molecule has 8 heterocycles. The van der Waals surface area contributed by atoms with Gasteiger partial charge in [-0.25, -0.2) is 39.7 Å². The topological polar surface area (TPSA) is 457 Å². The second-order valence-electron chi connectivity index (χ2n) is 21.6. The van der Waals surface area contributed by atoms with Gasteiger partial charge in [-0.2, -0.15) is 5.10 Å². The lowest BCUT2D eigenvalue weighted by Crippen LogP contribution is -2.23. The van der Waals surface area contributed by atoms with E-state index in [1.165, 1.54) is 97.6 Å². The molecule has 8 aromatic heterocycles. The van der Waals surface area contributed by atoms with Crippen LogP contribution in [0.15, 0.2) is 97.0 Å². The van der Waals surface area contributed by atoms with Gasteiger partial charge in [-0.1, -0.05) is 113 Å². The van der Waals surface area contributed by atoms with Crippen molar-refractivity contribution in [1.29, 1.82) is 0 Å². The number of carbonyl (C=O) groups is 11. The van der Waals surface area contributed by atoms with E-state index in [9.17, 15) is 57.5 Å². The number of rotatable bonds is 20. The second kappa shape index (κ2) is 50.5. The second-order valence-corrected chi connectivity index (χ2v) is 24.8. The summed E-state index contributed by atoms with van der Waals surface area (Å²) < 4.78 is 97.0. The van der Waals surface area contributed by atoms with Crippen molar-refractivity contribution in [3.8, 4) is 28.6 Å². The van der Waals surface area contributed by atoms with Crippen molar-refractivity contribution in [2.24, 2.45) is 30.5 Å². The molecule has 32 nitrogen and oxygen atoms in total. The molecule has 1 atom stereocenters. The van der Waals surface area contributed by atoms with Gasteiger partial charge < -0.3 is 54.9 Å². The van der Waals surface area contributed by atoms with Crippen molar-refractivity contribution in [1.82, 2.24) is 49.7 Å². The number of aromatic nitrogens is 10. The third-order valence-corrected chi connectivity index (χ3v) is 15.7. The molecule has 6 N–H and O–H groups in total. The number of methoxy groups -OCH3 is 7. The number of carbonyl (C=O) groups excluding carboxylic acids is 11. The lowest BCUT2D eigenvalue weighted by molar-refractivity contribution is -0.143. The maximum atomic E-state index is 12.3. The number of amides is 2. The van der Waals surface area contributed by atoms with E-state index in [4.69, 9.17) is 131 Å². The summed E-state index contributed by atoms with van der Waals surface area (Å²) >= 11 is 45.2. The summed E-state index contributed by atoms with van der Waals surface area (Å²) in [5, 5.41) is 8.48. The lowest BCUT2D eigenvalue weighted by Gasteiger charge is -2.11. The van der Waals surface area contributed by atoms with Crippen LogP contribution in [-0.4, -0.2) is 164 Å². The van der Waals surface area contributed by atoms with Crippen molar-refractivity contribution >= 4 is 169 Å². The fourth-order valence-electron chi connectivity index (χ4n) is 7.61. The Labute approximate surface area is 695 Å². The molecule has 602 valence electrons. The quantitative estimate of drug-likeness (QED) is 0.0181. The Morgan fingerprint density at radius 1 is 0.589 bits per heavy atom. The molecular formula is C72H79Cl8N13O19. The first-order chi connectivity index (χ1) is 56.4. The average Bonchev–Trinajstić information content (AvgIpc) is 1.46. The van der Waals surface area contributed by atoms with Gasteiger partial charge >= 0.3 is 18.1 Å². The number of nitrogen functional groups attached to an aromatic ring is 1. The predicted octanol–water partition coefficient (Wildman–Crippen LogP) is 13.8. The number of anilines is 2. The zero-order valence-electron chi connectivity index (χ0n) is 70.0. The van der Waals surface area contributed by atoms with Gasteiger partial charge in [0.15, 0.2) is 57.5 Å². The summed E-state index contributed by atoms with van der Waals surface area (Å²) in [5.41, 5.74) is 11.5. The van der Waals surface area contributed by atoms with Crippen molar-refractivity contribution < 1.29 is 98.2 Å². The molecule has 2 fully saturated rings. The number of hydrogen-bond acceptors (Lipinski definition) is 28. The van der Waals surface area contributed by atoms with E-state index in [-0.39, 0.29) is 101 Å². The van der Waals surface area contributed by atoms with E-state index in [0.717, 1.165) is 56.8 Å². The summed E-state index contributed by atoms with van der Waals surface area (Å²) in [6.45, 7) is -4.32. The number of primary amides is 1. The molecule has 0 aliphatic heterocycles. The van der Waals surface area contributed by atoms with E-state index in [2.05, 4.69) is 69.2 Å². The standard InChI is InChI=1S/C12H13ClN2O2.C11H12ClNO4.C10H10ClNO4.C9H11N5O.C8H7Cl2NO.C8H8ClNO2.C7H5Cl2NO.C4H7NO.C3H6O3/c1-2-10(16)8-6-14-11(5-9(8)13)15-12(17)7-3-4-7;1-6(11(15)17-3)10(14)7-5-13-9(12)4-8(7)16-2;1-15-8-4-9(11)12-5-6(8)7(13)3-10(14)16-2;1-14-5-12-9(13-14)6-3-4-11-8(10)7(6)15-2;1-2-7(12)5-4-11-8(10)3-6(5)9;1-2-6(11)5-4-10-8(9)3-7(5)12;1-4(11)5-3-10-7(9)2-6(5)8;5-4(6)3-1-2-3;1-5-3(4)6-2/h5-7H,2-4H2,1H3,(H,14,15,17);4-6H,1-3H3;4-5H,3H2,1-2H3;3-5H,1-2H3,(H2,10,11);3-4H,2H2,1H3;3-4H,2H2,1H3,(H,10,12);2-3H,1H3;3H,1-2H2,(H2,5,6);1-2H3/i;1D3;;;2*1D3;;;. The van der Waals surface area contributed by atoms with Gasteiger partial charge in [0, 0.05) is 118 Å². The summed E-state index contributed by atoms with van der Waals surface area (Å²) in [7, 11) is 10.8. The van der Waals surface area contributed by atoms with Crippen LogP contribution in [0.4, 0.5) is 16.4 Å². The molecular weight excluding hydrogens is 1630 g/mol. The van der Waals surface area contributed by atoms with Gasteiger partial charge in [-0.05, 0) is 57.7 Å². The first-order valence-corrected chi connectivity index (χ1v) is 34.7. The first-order valence-electron chi connectivity index (χ1n) is 36.2. The molecule has 2 amide bonds. The Morgan fingerprint density at radius 3 is 1.49 bits per heavy atom. The molecule has 112 heavy (non-hydrogen) atoms. The van der Waals surface area contributed by atoms with E-state index in [1.807, 2.05) is 0 Å². The minimum absolute atomic E-state index is 0.0249. The molecule has 8 aromatic rings. The molecule has 10 rings (SSSR count). The Kier molecular flexibility index (Phi) is 37.3. The van der Waals surface area contributed by atoms with Gasteiger partial charge in [-0.15, -0.1) is 0 Å². The Morgan fingerprint density at radius 2 is 1.08 bits per heavy atom. The molecule has 0 saturated heterocycles. The van der Waals surface area contributed by atoms with E-state index in [1.54, 1.807) is 44.4 Å². The molecule has 0 radical (unpaired) electrons. The SMILES string of the molecule is CC(=O)c1cnc(Cl)cc1Cl.CCC(=O)c1cnc(NC(=O)C2CC2)cc1Cl.COC(=O)CC(=O)c1cnc(Cl)cc1OC.COC(=O)OC.COc1c(-c2ncn(C)n2)ccnc1N.NC(=O)C1CC1.[2H]C([2H])([2H])C(C(=O)OC)C(=O)c1cnc(Cl)cc1OC.[2H]C([2H])([2H])CC(=O)c1c[nH]c(Cl)cc1=O.[2H]C([2H])([2H])CC(=O)c1cnc(Cl)cc1Cl. The minimum atomic E-state index is -2.84. The molecule has 2 saturated carbocycles. The summed E-state index contributed by atoms with van der Waals surface area (Å²) in [6.07, 6.45) is 12.7. The molecule has 40 heteroatoms.